The number of carbonyl (C=O) groups is 1. The van der Waals surface area contributed by atoms with Crippen molar-refractivity contribution in [3.8, 4) is 0 Å². The summed E-state index contributed by atoms with van der Waals surface area (Å²) in [6, 6.07) is 7.55. The lowest BCUT2D eigenvalue weighted by Crippen LogP contribution is -2.40. The van der Waals surface area contributed by atoms with Crippen LogP contribution < -0.4 is 5.56 Å². The zero-order valence-electron chi connectivity index (χ0n) is 15.0. The summed E-state index contributed by atoms with van der Waals surface area (Å²) in [5, 5.41) is 10.5. The molecule has 0 spiro atoms. The maximum atomic E-state index is 12.8. The van der Waals surface area contributed by atoms with Crippen molar-refractivity contribution in [3.63, 3.8) is 0 Å². The summed E-state index contributed by atoms with van der Waals surface area (Å²) < 4.78 is 1.77. The molecule has 0 saturated heterocycles. The summed E-state index contributed by atoms with van der Waals surface area (Å²) in [5.74, 6) is 0.614. The van der Waals surface area contributed by atoms with E-state index >= 15 is 0 Å². The molecule has 3 rings (SSSR count). The quantitative estimate of drug-likeness (QED) is 0.869. The number of benzene rings is 1. The molecule has 1 aromatic carbocycles. The lowest BCUT2D eigenvalue weighted by Gasteiger charge is -2.25. The number of aromatic nitrogens is 2. The fourth-order valence-electron chi connectivity index (χ4n) is 3.16. The van der Waals surface area contributed by atoms with Crippen LogP contribution >= 0.6 is 0 Å². The van der Waals surface area contributed by atoms with E-state index < -0.39 is 5.60 Å². The van der Waals surface area contributed by atoms with E-state index in [1.165, 1.54) is 4.90 Å². The standard InChI is InChI=1S/C19H25N3O3/c1-19(2,25)12-21(3)17(23)11-10-16-20-15-7-5-4-6-14(15)18(24)22(16)13-8-9-13/h4-7,13,25H,8-12H2,1-3H3. The number of carbonyl (C=O) groups excluding carboxylic acids is 1. The Morgan fingerprint density at radius 3 is 2.68 bits per heavy atom. The monoisotopic (exact) mass is 343 g/mol. The molecule has 0 atom stereocenters. The van der Waals surface area contributed by atoms with Crippen LogP contribution in [0, 0.1) is 0 Å². The number of amides is 1. The smallest absolute Gasteiger partial charge is 0.261 e. The van der Waals surface area contributed by atoms with Gasteiger partial charge in [0, 0.05) is 32.5 Å². The van der Waals surface area contributed by atoms with Crippen molar-refractivity contribution in [2.75, 3.05) is 13.6 Å². The van der Waals surface area contributed by atoms with Gasteiger partial charge in [-0.1, -0.05) is 12.1 Å². The van der Waals surface area contributed by atoms with Crippen LogP contribution in [0.3, 0.4) is 0 Å². The molecule has 2 aromatic rings. The first-order valence-corrected chi connectivity index (χ1v) is 8.73. The highest BCUT2D eigenvalue weighted by Crippen LogP contribution is 2.34. The number of hydrogen-bond acceptors (Lipinski definition) is 4. The topological polar surface area (TPSA) is 75.4 Å². The van der Waals surface area contributed by atoms with Crippen LogP contribution in [-0.2, 0) is 11.2 Å². The van der Waals surface area contributed by atoms with Gasteiger partial charge in [-0.3, -0.25) is 14.2 Å². The van der Waals surface area contributed by atoms with Crippen LogP contribution in [0.5, 0.6) is 0 Å². The molecule has 0 aliphatic heterocycles. The van der Waals surface area contributed by atoms with Crippen molar-refractivity contribution in [1.82, 2.24) is 14.5 Å². The number of likely N-dealkylation sites (N-methyl/N-ethyl adjacent to an activating group) is 1. The molecule has 6 heteroatoms. The molecule has 6 nitrogen and oxygen atoms in total. The lowest BCUT2D eigenvalue weighted by molar-refractivity contribution is -0.132. The molecule has 1 N–H and O–H groups in total. The Balaban J connectivity index is 1.83. The molecule has 1 fully saturated rings. The van der Waals surface area contributed by atoms with Gasteiger partial charge < -0.3 is 10.0 Å². The van der Waals surface area contributed by atoms with Gasteiger partial charge in [0.2, 0.25) is 5.91 Å². The largest absolute Gasteiger partial charge is 0.389 e. The molecule has 25 heavy (non-hydrogen) atoms. The van der Waals surface area contributed by atoms with Crippen molar-refractivity contribution in [1.29, 1.82) is 0 Å². The molecule has 0 unspecified atom stereocenters. The van der Waals surface area contributed by atoms with Crippen molar-refractivity contribution in [3.05, 3.63) is 40.4 Å². The van der Waals surface area contributed by atoms with E-state index in [9.17, 15) is 14.7 Å². The van der Waals surface area contributed by atoms with Gasteiger partial charge in [0.1, 0.15) is 5.82 Å². The third kappa shape index (κ3) is 4.07. The predicted molar refractivity (Wildman–Crippen MR) is 96.5 cm³/mol. The van der Waals surface area contributed by atoms with Crippen LogP contribution in [0.25, 0.3) is 10.9 Å². The average Bonchev–Trinajstić information content (AvgIpc) is 3.35. The van der Waals surface area contributed by atoms with Gasteiger partial charge in [-0.2, -0.15) is 0 Å². The van der Waals surface area contributed by atoms with E-state index in [0.29, 0.717) is 23.1 Å². The van der Waals surface area contributed by atoms with Crippen LogP contribution in [0.15, 0.2) is 29.1 Å². The highest BCUT2D eigenvalue weighted by molar-refractivity contribution is 5.78. The van der Waals surface area contributed by atoms with E-state index in [4.69, 9.17) is 0 Å². The normalized spacial score (nSPS) is 14.7. The zero-order valence-corrected chi connectivity index (χ0v) is 15.0. The number of aryl methyl sites for hydroxylation is 1. The van der Waals surface area contributed by atoms with Crippen LogP contribution in [0.1, 0.15) is 45.0 Å². The minimum absolute atomic E-state index is 0.0135. The number of nitrogens with zero attached hydrogens (tertiary/aromatic N) is 3. The number of para-hydroxylation sites is 1. The predicted octanol–water partition coefficient (Wildman–Crippen LogP) is 1.89. The highest BCUT2D eigenvalue weighted by atomic mass is 16.3. The van der Waals surface area contributed by atoms with Crippen LogP contribution in [0.4, 0.5) is 0 Å². The second-order valence-corrected chi connectivity index (χ2v) is 7.51. The van der Waals surface area contributed by atoms with Crippen LogP contribution in [0.2, 0.25) is 0 Å². The van der Waals surface area contributed by atoms with Gasteiger partial charge in [-0.15, -0.1) is 0 Å². The van der Waals surface area contributed by atoms with Gasteiger partial charge in [0.25, 0.3) is 5.56 Å². The summed E-state index contributed by atoms with van der Waals surface area (Å²) >= 11 is 0. The van der Waals surface area contributed by atoms with Gasteiger partial charge in [-0.05, 0) is 38.8 Å². The van der Waals surface area contributed by atoms with Crippen molar-refractivity contribution in [2.45, 2.75) is 51.2 Å². The van der Waals surface area contributed by atoms with E-state index in [1.54, 1.807) is 31.5 Å². The summed E-state index contributed by atoms with van der Waals surface area (Å²) in [6.07, 6.45) is 2.66. The SMILES string of the molecule is CN(CC(C)(C)O)C(=O)CCc1nc2ccccc2c(=O)n1C1CC1. The Kier molecular flexibility index (Phi) is 4.64. The molecule has 1 amide bonds. The number of aliphatic hydroxyl groups is 1. The number of hydrogen-bond donors (Lipinski definition) is 1. The maximum absolute atomic E-state index is 12.8. The first-order chi connectivity index (χ1) is 11.8. The maximum Gasteiger partial charge on any atom is 0.261 e. The molecule has 1 saturated carbocycles. The Hall–Kier alpha value is -2.21. The van der Waals surface area contributed by atoms with Gasteiger partial charge in [-0.25, -0.2) is 4.98 Å². The van der Waals surface area contributed by atoms with Gasteiger partial charge in [0.05, 0.1) is 16.5 Å². The van der Waals surface area contributed by atoms with E-state index in [0.717, 1.165) is 12.8 Å². The van der Waals surface area contributed by atoms with Crippen molar-refractivity contribution < 1.29 is 9.90 Å². The van der Waals surface area contributed by atoms with E-state index in [1.807, 2.05) is 18.2 Å². The molecule has 134 valence electrons. The van der Waals surface area contributed by atoms with Crippen molar-refractivity contribution >= 4 is 16.8 Å². The fourth-order valence-corrected chi connectivity index (χ4v) is 3.16. The zero-order chi connectivity index (χ0) is 18.2. The molecule has 1 aliphatic rings. The summed E-state index contributed by atoms with van der Waals surface area (Å²) in [5.41, 5.74) is -0.265. The third-order valence-corrected chi connectivity index (χ3v) is 4.41. The second kappa shape index (κ2) is 6.59. The molecule has 1 heterocycles. The number of fused-ring (bicyclic) bond motifs is 1. The summed E-state index contributed by atoms with van der Waals surface area (Å²) in [7, 11) is 1.68. The minimum atomic E-state index is -0.929. The minimum Gasteiger partial charge on any atom is -0.389 e. The first-order valence-electron chi connectivity index (χ1n) is 8.73. The van der Waals surface area contributed by atoms with E-state index in [-0.39, 0.29) is 30.5 Å². The van der Waals surface area contributed by atoms with Crippen molar-refractivity contribution in [2.24, 2.45) is 0 Å². The number of rotatable bonds is 6. The average molecular weight is 343 g/mol. The fraction of sp³-hybridized carbons (Fsp3) is 0.526. The molecule has 0 radical (unpaired) electrons. The highest BCUT2D eigenvalue weighted by Gasteiger charge is 2.28. The molecule has 1 aliphatic carbocycles. The summed E-state index contributed by atoms with van der Waals surface area (Å²) in [6.45, 7) is 3.62. The Labute approximate surface area is 147 Å². The molecule has 0 bridgehead atoms. The summed E-state index contributed by atoms with van der Waals surface area (Å²) in [4.78, 5) is 31.3. The van der Waals surface area contributed by atoms with Crippen LogP contribution in [-0.4, -0.2) is 44.7 Å². The molecule has 1 aromatic heterocycles. The second-order valence-electron chi connectivity index (χ2n) is 7.51. The Bertz CT molecular complexity index is 847. The molecular formula is C19H25N3O3. The van der Waals surface area contributed by atoms with E-state index in [2.05, 4.69) is 4.98 Å². The molecular weight excluding hydrogens is 318 g/mol. The first kappa shape index (κ1) is 17.6. The van der Waals surface area contributed by atoms with Gasteiger partial charge in [0.15, 0.2) is 0 Å². The van der Waals surface area contributed by atoms with Gasteiger partial charge >= 0.3 is 0 Å². The third-order valence-electron chi connectivity index (χ3n) is 4.41. The Morgan fingerprint density at radius 2 is 2.04 bits per heavy atom. The Morgan fingerprint density at radius 1 is 1.36 bits per heavy atom. The lowest BCUT2D eigenvalue weighted by atomic mass is 10.1.